The van der Waals surface area contributed by atoms with Gasteiger partial charge >= 0.3 is 0 Å². The zero-order valence-electron chi connectivity index (χ0n) is 6.73. The van der Waals surface area contributed by atoms with Crippen molar-refractivity contribution < 1.29 is 4.79 Å². The number of hydrogen-bond donors (Lipinski definition) is 0. The first-order chi connectivity index (χ1) is 5.13. The largest absolute Gasteiger partial charge is 0.291 e. The van der Waals surface area contributed by atoms with Crippen LogP contribution >= 0.6 is 23.2 Å². The fraction of sp³-hybridized carbons (Fsp3) is 0.625. The Bertz CT molecular complexity index is 161. The van der Waals surface area contributed by atoms with Gasteiger partial charge in [-0.3, -0.25) is 4.79 Å². The Hall–Kier alpha value is -0.0100. The van der Waals surface area contributed by atoms with Crippen molar-refractivity contribution in [2.75, 3.05) is 0 Å². The number of allylic oxidation sites excluding steroid dienone is 2. The van der Waals surface area contributed by atoms with E-state index in [9.17, 15) is 4.79 Å². The minimum Gasteiger partial charge on any atom is -0.291 e. The zero-order chi connectivity index (χ0) is 8.85. The topological polar surface area (TPSA) is 17.1 Å². The molecule has 0 unspecified atom stereocenters. The lowest BCUT2D eigenvalue weighted by Gasteiger charge is -2.02. The Morgan fingerprint density at radius 3 is 2.27 bits per heavy atom. The van der Waals surface area contributed by atoms with Gasteiger partial charge in [0.2, 0.25) is 0 Å². The molecule has 0 radical (unpaired) electrons. The molecule has 0 N–H and O–H groups in total. The van der Waals surface area contributed by atoms with E-state index in [0.717, 1.165) is 12.0 Å². The third kappa shape index (κ3) is 3.78. The van der Waals surface area contributed by atoms with E-state index in [1.165, 1.54) is 0 Å². The second kappa shape index (κ2) is 5.62. The Balaban J connectivity index is 4.26. The van der Waals surface area contributed by atoms with Crippen LogP contribution < -0.4 is 0 Å². The highest BCUT2D eigenvalue weighted by Crippen LogP contribution is 2.13. The molecule has 0 saturated heterocycles. The minimum absolute atomic E-state index is 0.169. The van der Waals surface area contributed by atoms with Gasteiger partial charge in [0.1, 0.15) is 0 Å². The van der Waals surface area contributed by atoms with Crippen LogP contribution in [0.1, 0.15) is 26.7 Å². The summed E-state index contributed by atoms with van der Waals surface area (Å²) in [5, 5.41) is 0. The molecule has 0 aromatic heterocycles. The summed E-state index contributed by atoms with van der Waals surface area (Å²) in [6, 6.07) is 0. The highest BCUT2D eigenvalue weighted by Gasteiger charge is 2.14. The average Bonchev–Trinajstić information content (AvgIpc) is 1.98. The van der Waals surface area contributed by atoms with Gasteiger partial charge in [0.15, 0.2) is 10.6 Å². The van der Waals surface area contributed by atoms with E-state index < -0.39 is 4.84 Å². The van der Waals surface area contributed by atoms with Gasteiger partial charge in [-0.2, -0.15) is 0 Å². The predicted molar refractivity (Wildman–Crippen MR) is 49.2 cm³/mol. The van der Waals surface area contributed by atoms with E-state index in [2.05, 4.69) is 0 Å². The summed E-state index contributed by atoms with van der Waals surface area (Å²) in [5.41, 5.74) is 0.725. The van der Waals surface area contributed by atoms with Crippen molar-refractivity contribution in [2.24, 2.45) is 0 Å². The van der Waals surface area contributed by atoms with E-state index >= 15 is 0 Å². The molecule has 0 aliphatic carbocycles. The van der Waals surface area contributed by atoms with Crippen molar-refractivity contribution in [3.05, 3.63) is 11.6 Å². The molecule has 0 aliphatic rings. The molecule has 1 nitrogen and oxygen atoms in total. The van der Waals surface area contributed by atoms with Crippen molar-refractivity contribution in [1.82, 2.24) is 0 Å². The molecule has 0 bridgehead atoms. The van der Waals surface area contributed by atoms with Gasteiger partial charge in [0.25, 0.3) is 0 Å². The molecule has 0 atom stereocenters. The first kappa shape index (κ1) is 11.0. The molecule has 0 heterocycles. The van der Waals surface area contributed by atoms with Gasteiger partial charge < -0.3 is 0 Å². The van der Waals surface area contributed by atoms with Crippen LogP contribution in [0.25, 0.3) is 0 Å². The van der Waals surface area contributed by atoms with E-state index in [4.69, 9.17) is 23.2 Å². The van der Waals surface area contributed by atoms with Crippen molar-refractivity contribution in [2.45, 2.75) is 31.5 Å². The highest BCUT2D eigenvalue weighted by atomic mass is 35.5. The van der Waals surface area contributed by atoms with Gasteiger partial charge in [0.05, 0.1) is 0 Å². The standard InChI is InChI=1S/C8H12Cl2O/c1-3-5-6(4-2)7(11)8(9)10/h5,8H,3-4H2,1-2H3. The number of hydrogen-bond acceptors (Lipinski definition) is 1. The number of halogens is 2. The van der Waals surface area contributed by atoms with Gasteiger partial charge in [-0.05, 0) is 18.4 Å². The Morgan fingerprint density at radius 1 is 1.45 bits per heavy atom. The normalized spacial score (nSPS) is 12.3. The summed E-state index contributed by atoms with van der Waals surface area (Å²) in [6.45, 7) is 3.88. The maximum absolute atomic E-state index is 11.1. The molecule has 0 aliphatic heterocycles. The van der Waals surface area contributed by atoms with Crippen LogP contribution in [0, 0.1) is 0 Å². The molecule has 0 amide bonds. The molecule has 0 aromatic carbocycles. The Morgan fingerprint density at radius 2 is 2.00 bits per heavy atom. The number of carbonyl (C=O) groups excluding carboxylic acids is 1. The lowest BCUT2D eigenvalue weighted by molar-refractivity contribution is -0.114. The van der Waals surface area contributed by atoms with Crippen LogP contribution in [-0.4, -0.2) is 10.6 Å². The fourth-order valence-electron chi connectivity index (χ4n) is 0.806. The number of alkyl halides is 2. The fourth-order valence-corrected chi connectivity index (χ4v) is 1.09. The lowest BCUT2D eigenvalue weighted by atomic mass is 10.1. The summed E-state index contributed by atoms with van der Waals surface area (Å²) in [4.78, 5) is 10.2. The van der Waals surface area contributed by atoms with Crippen LogP contribution in [0.2, 0.25) is 0 Å². The summed E-state index contributed by atoms with van der Waals surface area (Å²) < 4.78 is 0. The molecular formula is C8H12Cl2O. The molecule has 0 spiro atoms. The quantitative estimate of drug-likeness (QED) is 0.497. The van der Waals surface area contributed by atoms with Crippen LogP contribution in [0.5, 0.6) is 0 Å². The molecule has 0 saturated carbocycles. The second-order valence-corrected chi connectivity index (χ2v) is 3.25. The molecule has 11 heavy (non-hydrogen) atoms. The second-order valence-electron chi connectivity index (χ2n) is 2.16. The molecule has 0 rings (SSSR count). The van der Waals surface area contributed by atoms with Gasteiger partial charge in [-0.25, -0.2) is 0 Å². The smallest absolute Gasteiger partial charge is 0.191 e. The Labute approximate surface area is 77.4 Å². The third-order valence-electron chi connectivity index (χ3n) is 1.35. The van der Waals surface area contributed by atoms with Crippen molar-refractivity contribution in [3.63, 3.8) is 0 Å². The van der Waals surface area contributed by atoms with E-state index in [0.29, 0.717) is 6.42 Å². The number of rotatable bonds is 4. The van der Waals surface area contributed by atoms with Crippen molar-refractivity contribution >= 4 is 29.0 Å². The molecule has 64 valence electrons. The van der Waals surface area contributed by atoms with Gasteiger partial charge in [-0.15, -0.1) is 0 Å². The first-order valence-corrected chi connectivity index (χ1v) is 4.52. The number of ketones is 1. The third-order valence-corrected chi connectivity index (χ3v) is 1.74. The number of Topliss-reactive ketones (excluding diaryl/α,β-unsaturated/α-hetero) is 1. The molecule has 0 aromatic rings. The van der Waals surface area contributed by atoms with E-state index in [-0.39, 0.29) is 5.78 Å². The molecular weight excluding hydrogens is 183 g/mol. The van der Waals surface area contributed by atoms with Gasteiger partial charge in [-0.1, -0.05) is 43.1 Å². The predicted octanol–water partition coefficient (Wildman–Crippen LogP) is 3.11. The van der Waals surface area contributed by atoms with Crippen LogP contribution in [0.3, 0.4) is 0 Å². The monoisotopic (exact) mass is 194 g/mol. The SMILES string of the molecule is CCC=C(CC)C(=O)C(Cl)Cl. The summed E-state index contributed by atoms with van der Waals surface area (Å²) >= 11 is 10.8. The van der Waals surface area contributed by atoms with E-state index in [1.54, 1.807) is 0 Å². The molecule has 0 fully saturated rings. The van der Waals surface area contributed by atoms with Crippen LogP contribution in [0.4, 0.5) is 0 Å². The zero-order valence-corrected chi connectivity index (χ0v) is 8.24. The average molecular weight is 195 g/mol. The maximum Gasteiger partial charge on any atom is 0.191 e. The summed E-state index contributed by atoms with van der Waals surface area (Å²) in [6.07, 6.45) is 3.40. The lowest BCUT2D eigenvalue weighted by Crippen LogP contribution is -2.10. The van der Waals surface area contributed by atoms with Crippen molar-refractivity contribution in [1.29, 1.82) is 0 Å². The minimum atomic E-state index is -0.909. The maximum atomic E-state index is 11.1. The highest BCUT2D eigenvalue weighted by molar-refractivity contribution is 6.55. The molecule has 3 heteroatoms. The first-order valence-electron chi connectivity index (χ1n) is 3.64. The van der Waals surface area contributed by atoms with Crippen molar-refractivity contribution in [3.8, 4) is 0 Å². The number of carbonyl (C=O) groups is 1. The van der Waals surface area contributed by atoms with Crippen LogP contribution in [0.15, 0.2) is 11.6 Å². The van der Waals surface area contributed by atoms with E-state index in [1.807, 2.05) is 19.9 Å². The Kier molecular flexibility index (Phi) is 5.61. The summed E-state index contributed by atoms with van der Waals surface area (Å²) in [7, 11) is 0. The van der Waals surface area contributed by atoms with Crippen LogP contribution in [-0.2, 0) is 4.79 Å². The summed E-state index contributed by atoms with van der Waals surface area (Å²) in [5.74, 6) is -0.169. The van der Waals surface area contributed by atoms with Gasteiger partial charge in [0, 0.05) is 0 Å².